The van der Waals surface area contributed by atoms with E-state index in [2.05, 4.69) is 24.0 Å². The van der Waals surface area contributed by atoms with Gasteiger partial charge in [-0.15, -0.1) is 0 Å². The second-order valence-corrected chi connectivity index (χ2v) is 4.14. The van der Waals surface area contributed by atoms with Crippen LogP contribution in [0.5, 0.6) is 0 Å². The maximum atomic E-state index is 11.9. The molecule has 1 aromatic carbocycles. The number of ketones is 1. The second kappa shape index (κ2) is 5.45. The van der Waals surface area contributed by atoms with Crippen molar-refractivity contribution in [3.05, 3.63) is 66.3 Å². The average molecular weight is 240 g/mol. The standard InChI is InChI=1S/C15H16N2O/c1-3-7-15(18)14-10-16-11-17(14)12(2)13-8-5-4-6-9-13/h3-12H,1-2H3/b7-3-/t12-/m1/s1. The summed E-state index contributed by atoms with van der Waals surface area (Å²) >= 11 is 0. The topological polar surface area (TPSA) is 34.9 Å². The van der Waals surface area contributed by atoms with Gasteiger partial charge < -0.3 is 4.57 Å². The molecule has 0 saturated carbocycles. The SMILES string of the molecule is C/C=C\C(=O)c1cncn1[C@H](C)c1ccccc1. The zero-order valence-electron chi connectivity index (χ0n) is 10.6. The Morgan fingerprint density at radius 1 is 1.33 bits per heavy atom. The Kier molecular flexibility index (Phi) is 3.72. The first kappa shape index (κ1) is 12.3. The number of nitrogens with zero attached hydrogens (tertiary/aromatic N) is 2. The fraction of sp³-hybridized carbons (Fsp3) is 0.200. The summed E-state index contributed by atoms with van der Waals surface area (Å²) in [5, 5.41) is 0. The molecule has 0 aliphatic heterocycles. The second-order valence-electron chi connectivity index (χ2n) is 4.14. The summed E-state index contributed by atoms with van der Waals surface area (Å²) in [7, 11) is 0. The molecule has 1 heterocycles. The fourth-order valence-corrected chi connectivity index (χ4v) is 1.93. The molecule has 0 aliphatic carbocycles. The normalized spacial score (nSPS) is 12.8. The molecule has 3 heteroatoms. The molecule has 0 aliphatic rings. The molecule has 0 unspecified atom stereocenters. The van der Waals surface area contributed by atoms with Crippen LogP contribution in [0.4, 0.5) is 0 Å². The van der Waals surface area contributed by atoms with E-state index < -0.39 is 0 Å². The van der Waals surface area contributed by atoms with Crippen LogP contribution in [0.2, 0.25) is 0 Å². The van der Waals surface area contributed by atoms with Crippen molar-refractivity contribution >= 4 is 5.78 Å². The molecular weight excluding hydrogens is 224 g/mol. The van der Waals surface area contributed by atoms with Gasteiger partial charge >= 0.3 is 0 Å². The Morgan fingerprint density at radius 2 is 2.06 bits per heavy atom. The number of carbonyl (C=O) groups excluding carboxylic acids is 1. The predicted molar refractivity (Wildman–Crippen MR) is 71.6 cm³/mol. The lowest BCUT2D eigenvalue weighted by Crippen LogP contribution is -2.12. The van der Waals surface area contributed by atoms with Gasteiger partial charge in [0.25, 0.3) is 0 Å². The highest BCUT2D eigenvalue weighted by molar-refractivity contribution is 6.03. The first-order valence-corrected chi connectivity index (χ1v) is 5.98. The molecule has 0 radical (unpaired) electrons. The van der Waals surface area contributed by atoms with Gasteiger partial charge in [-0.25, -0.2) is 4.98 Å². The lowest BCUT2D eigenvalue weighted by atomic mass is 10.1. The van der Waals surface area contributed by atoms with E-state index in [0.29, 0.717) is 5.69 Å². The number of hydrogen-bond acceptors (Lipinski definition) is 2. The van der Waals surface area contributed by atoms with Crippen LogP contribution in [-0.4, -0.2) is 15.3 Å². The van der Waals surface area contributed by atoms with E-state index in [1.165, 1.54) is 0 Å². The van der Waals surface area contributed by atoms with Crippen molar-refractivity contribution in [3.63, 3.8) is 0 Å². The van der Waals surface area contributed by atoms with Gasteiger partial charge in [0.2, 0.25) is 5.78 Å². The molecule has 92 valence electrons. The maximum Gasteiger partial charge on any atom is 0.203 e. The van der Waals surface area contributed by atoms with Gasteiger partial charge in [0.05, 0.1) is 18.6 Å². The molecule has 3 nitrogen and oxygen atoms in total. The third-order valence-electron chi connectivity index (χ3n) is 2.94. The van der Waals surface area contributed by atoms with Crippen LogP contribution in [0, 0.1) is 0 Å². The van der Waals surface area contributed by atoms with Gasteiger partial charge in [-0.1, -0.05) is 36.4 Å². The highest BCUT2D eigenvalue weighted by Gasteiger charge is 2.14. The van der Waals surface area contributed by atoms with Crippen LogP contribution in [-0.2, 0) is 0 Å². The molecule has 0 spiro atoms. The van der Waals surface area contributed by atoms with Gasteiger partial charge in [-0.05, 0) is 25.5 Å². The molecule has 0 saturated heterocycles. The minimum Gasteiger partial charge on any atom is -0.321 e. The molecule has 18 heavy (non-hydrogen) atoms. The Hall–Kier alpha value is -2.16. The molecule has 2 rings (SSSR count). The summed E-state index contributed by atoms with van der Waals surface area (Å²) in [6.45, 7) is 3.89. The summed E-state index contributed by atoms with van der Waals surface area (Å²) in [4.78, 5) is 16.0. The molecular formula is C15H16N2O. The molecule has 1 atom stereocenters. The predicted octanol–water partition coefficient (Wildman–Crippen LogP) is 3.25. The van der Waals surface area contributed by atoms with E-state index in [1.807, 2.05) is 29.7 Å². The molecule has 1 aromatic heterocycles. The zero-order chi connectivity index (χ0) is 13.0. The third-order valence-corrected chi connectivity index (χ3v) is 2.94. The van der Waals surface area contributed by atoms with Crippen LogP contribution < -0.4 is 0 Å². The fourth-order valence-electron chi connectivity index (χ4n) is 1.93. The monoisotopic (exact) mass is 240 g/mol. The molecule has 0 amide bonds. The van der Waals surface area contributed by atoms with Crippen LogP contribution in [0.1, 0.15) is 35.9 Å². The van der Waals surface area contributed by atoms with Crippen molar-refractivity contribution in [3.8, 4) is 0 Å². The highest BCUT2D eigenvalue weighted by atomic mass is 16.1. The van der Waals surface area contributed by atoms with Gasteiger partial charge in [0.1, 0.15) is 5.69 Å². The molecule has 0 bridgehead atoms. The number of imidazole rings is 1. The van der Waals surface area contributed by atoms with Crippen molar-refractivity contribution in [1.82, 2.24) is 9.55 Å². The van der Waals surface area contributed by atoms with E-state index in [-0.39, 0.29) is 11.8 Å². The van der Waals surface area contributed by atoms with Crippen LogP contribution >= 0.6 is 0 Å². The summed E-state index contributed by atoms with van der Waals surface area (Å²) in [6.07, 6.45) is 6.62. The smallest absolute Gasteiger partial charge is 0.203 e. The Balaban J connectivity index is 2.35. The number of allylic oxidation sites excluding steroid dienone is 2. The molecule has 0 fully saturated rings. The van der Waals surface area contributed by atoms with E-state index in [1.54, 1.807) is 24.7 Å². The van der Waals surface area contributed by atoms with Crippen molar-refractivity contribution in [1.29, 1.82) is 0 Å². The quantitative estimate of drug-likeness (QED) is 0.607. The van der Waals surface area contributed by atoms with Gasteiger partial charge in [-0.3, -0.25) is 4.79 Å². The lowest BCUT2D eigenvalue weighted by molar-refractivity contribution is 0.103. The van der Waals surface area contributed by atoms with E-state index in [9.17, 15) is 4.79 Å². The Labute approximate surface area is 107 Å². The van der Waals surface area contributed by atoms with E-state index in [0.717, 1.165) is 5.56 Å². The van der Waals surface area contributed by atoms with Crippen LogP contribution in [0.3, 0.4) is 0 Å². The first-order valence-electron chi connectivity index (χ1n) is 5.98. The zero-order valence-corrected chi connectivity index (χ0v) is 10.6. The van der Waals surface area contributed by atoms with Gasteiger partial charge in [0, 0.05) is 0 Å². The summed E-state index contributed by atoms with van der Waals surface area (Å²) in [5.41, 5.74) is 1.77. The molecule has 2 aromatic rings. The van der Waals surface area contributed by atoms with Crippen molar-refractivity contribution < 1.29 is 4.79 Å². The first-order chi connectivity index (χ1) is 8.74. The van der Waals surface area contributed by atoms with E-state index >= 15 is 0 Å². The van der Waals surface area contributed by atoms with Gasteiger partial charge in [-0.2, -0.15) is 0 Å². The number of benzene rings is 1. The summed E-state index contributed by atoms with van der Waals surface area (Å²) < 4.78 is 1.90. The van der Waals surface area contributed by atoms with Crippen molar-refractivity contribution in [2.75, 3.05) is 0 Å². The van der Waals surface area contributed by atoms with Crippen LogP contribution in [0.15, 0.2) is 55.0 Å². The highest BCUT2D eigenvalue weighted by Crippen LogP contribution is 2.19. The minimum absolute atomic E-state index is 0.0159. The van der Waals surface area contributed by atoms with E-state index in [4.69, 9.17) is 0 Å². The molecule has 0 N–H and O–H groups in total. The summed E-state index contributed by atoms with van der Waals surface area (Å²) in [5.74, 6) is -0.0159. The lowest BCUT2D eigenvalue weighted by Gasteiger charge is -2.15. The maximum absolute atomic E-state index is 11.9. The Morgan fingerprint density at radius 3 is 2.72 bits per heavy atom. The number of aromatic nitrogens is 2. The average Bonchev–Trinajstić information content (AvgIpc) is 2.88. The summed E-state index contributed by atoms with van der Waals surface area (Å²) in [6, 6.07) is 10.2. The van der Waals surface area contributed by atoms with Crippen molar-refractivity contribution in [2.45, 2.75) is 19.9 Å². The number of hydrogen-bond donors (Lipinski definition) is 0. The number of rotatable bonds is 4. The Bertz CT molecular complexity index is 555. The van der Waals surface area contributed by atoms with Crippen molar-refractivity contribution in [2.24, 2.45) is 0 Å². The minimum atomic E-state index is -0.0159. The number of carbonyl (C=O) groups is 1. The third kappa shape index (κ3) is 2.40. The van der Waals surface area contributed by atoms with Gasteiger partial charge in [0.15, 0.2) is 0 Å². The van der Waals surface area contributed by atoms with Crippen LogP contribution in [0.25, 0.3) is 0 Å². The largest absolute Gasteiger partial charge is 0.321 e.